The number of carbonyl (C=O) groups excluding carboxylic acids is 1. The van der Waals surface area contributed by atoms with E-state index in [1.807, 2.05) is 36.5 Å². The van der Waals surface area contributed by atoms with Crippen molar-refractivity contribution in [3.8, 4) is 5.75 Å². The minimum Gasteiger partial charge on any atom is -0.494 e. The first kappa shape index (κ1) is 22.4. The van der Waals surface area contributed by atoms with Gasteiger partial charge in [0.15, 0.2) is 0 Å². The first-order chi connectivity index (χ1) is 16.5. The van der Waals surface area contributed by atoms with Crippen LogP contribution in [0.25, 0.3) is 10.9 Å². The summed E-state index contributed by atoms with van der Waals surface area (Å²) >= 11 is 6.57. The molecule has 10 heteroatoms. The molecule has 0 bridgehead atoms. The van der Waals surface area contributed by atoms with Crippen molar-refractivity contribution in [2.45, 2.75) is 5.92 Å². The van der Waals surface area contributed by atoms with E-state index in [-0.39, 0.29) is 11.8 Å². The van der Waals surface area contributed by atoms with Crippen molar-refractivity contribution in [3.63, 3.8) is 0 Å². The molecule has 1 fully saturated rings. The van der Waals surface area contributed by atoms with E-state index in [1.54, 1.807) is 30.3 Å². The van der Waals surface area contributed by atoms with Crippen LogP contribution in [0.5, 0.6) is 5.75 Å². The molecule has 3 aromatic rings. The van der Waals surface area contributed by atoms with Gasteiger partial charge in [0.25, 0.3) is 5.91 Å². The second-order valence-corrected chi connectivity index (χ2v) is 8.66. The number of methoxy groups -OCH3 is 1. The van der Waals surface area contributed by atoms with Crippen molar-refractivity contribution in [2.75, 3.05) is 52.3 Å². The number of amides is 1. The third kappa shape index (κ3) is 4.36. The number of carbonyl (C=O) groups is 1. The topological polar surface area (TPSA) is 92.2 Å². The predicted octanol–water partition coefficient (Wildman–Crippen LogP) is 3.52. The number of nitrogens with zero attached hydrogens (tertiary/aromatic N) is 5. The van der Waals surface area contributed by atoms with Crippen molar-refractivity contribution >= 4 is 46.3 Å². The van der Waals surface area contributed by atoms with E-state index < -0.39 is 0 Å². The zero-order valence-corrected chi connectivity index (χ0v) is 19.7. The molecule has 2 aliphatic rings. The number of anilines is 2. The number of ether oxygens (including phenoxy) is 2. The second-order valence-electron chi connectivity index (χ2n) is 8.25. The van der Waals surface area contributed by atoms with E-state index in [9.17, 15) is 4.79 Å². The van der Waals surface area contributed by atoms with Gasteiger partial charge in [-0.25, -0.2) is 9.97 Å². The fourth-order valence-corrected chi connectivity index (χ4v) is 4.48. The van der Waals surface area contributed by atoms with Crippen LogP contribution in [-0.4, -0.2) is 79.0 Å². The summed E-state index contributed by atoms with van der Waals surface area (Å²) in [6.07, 6.45) is 3.57. The van der Waals surface area contributed by atoms with Gasteiger partial charge in [0.2, 0.25) is 5.95 Å². The number of hydrogen-bond acceptors (Lipinski definition) is 8. The van der Waals surface area contributed by atoms with Crippen molar-refractivity contribution in [2.24, 2.45) is 5.10 Å². The lowest BCUT2D eigenvalue weighted by molar-refractivity contribution is 0.0303. The van der Waals surface area contributed by atoms with Gasteiger partial charge in [0, 0.05) is 67.2 Å². The third-order valence-corrected chi connectivity index (χ3v) is 6.31. The Morgan fingerprint density at radius 1 is 1.24 bits per heavy atom. The minimum absolute atomic E-state index is 0.00445. The fourth-order valence-electron chi connectivity index (χ4n) is 4.22. The molecule has 2 aliphatic heterocycles. The van der Waals surface area contributed by atoms with E-state index in [0.29, 0.717) is 59.5 Å². The van der Waals surface area contributed by atoms with Gasteiger partial charge in [0.1, 0.15) is 11.3 Å². The molecular weight excluding hydrogens is 456 g/mol. The highest BCUT2D eigenvalue weighted by atomic mass is 35.5. The van der Waals surface area contributed by atoms with Gasteiger partial charge in [-0.3, -0.25) is 9.80 Å². The second kappa shape index (κ2) is 9.44. The van der Waals surface area contributed by atoms with Crippen LogP contribution in [0.2, 0.25) is 5.02 Å². The lowest BCUT2D eigenvalue weighted by Crippen LogP contribution is -2.40. The summed E-state index contributed by atoms with van der Waals surface area (Å²) < 4.78 is 11.1. The van der Waals surface area contributed by atoms with Gasteiger partial charge >= 0.3 is 0 Å². The number of fused-ring (bicyclic) bond motifs is 1. The normalized spacial score (nSPS) is 17.9. The number of hydrazone groups is 1. The van der Waals surface area contributed by atoms with Crippen LogP contribution in [0.3, 0.4) is 0 Å². The van der Waals surface area contributed by atoms with Crippen molar-refractivity contribution in [1.29, 1.82) is 0 Å². The largest absolute Gasteiger partial charge is 0.494 e. The molecule has 1 amide bonds. The quantitative estimate of drug-likeness (QED) is 0.597. The Labute approximate surface area is 202 Å². The molecule has 34 heavy (non-hydrogen) atoms. The Morgan fingerprint density at radius 2 is 2.00 bits per heavy atom. The van der Waals surface area contributed by atoms with E-state index in [0.717, 1.165) is 17.8 Å². The lowest BCUT2D eigenvalue weighted by Gasteiger charge is -2.26. The first-order valence-corrected chi connectivity index (χ1v) is 11.4. The molecule has 1 N–H and O–H groups in total. The predicted molar refractivity (Wildman–Crippen MR) is 131 cm³/mol. The van der Waals surface area contributed by atoms with Gasteiger partial charge in [0.05, 0.1) is 25.3 Å². The van der Waals surface area contributed by atoms with Crippen molar-refractivity contribution < 1.29 is 14.3 Å². The highest BCUT2D eigenvalue weighted by Gasteiger charge is 2.24. The number of nitrogens with one attached hydrogen (secondary N) is 1. The maximum Gasteiger partial charge on any atom is 0.254 e. The smallest absolute Gasteiger partial charge is 0.254 e. The molecule has 3 heterocycles. The molecule has 176 valence electrons. The zero-order valence-electron chi connectivity index (χ0n) is 19.0. The highest BCUT2D eigenvalue weighted by molar-refractivity contribution is 6.35. The van der Waals surface area contributed by atoms with Gasteiger partial charge in [-0.2, -0.15) is 5.10 Å². The summed E-state index contributed by atoms with van der Waals surface area (Å²) in [5, 5.41) is 10.7. The summed E-state index contributed by atoms with van der Waals surface area (Å²) in [7, 11) is 3.55. The first-order valence-electron chi connectivity index (χ1n) is 11.1. The maximum atomic E-state index is 12.7. The number of rotatable bonds is 5. The molecular formula is C24H25ClN6O3. The summed E-state index contributed by atoms with van der Waals surface area (Å²) in [5.41, 5.74) is 2.96. The number of likely N-dealkylation sites (N-methyl/N-ethyl adjacent to an activating group) is 1. The number of benzene rings is 2. The van der Waals surface area contributed by atoms with Crippen molar-refractivity contribution in [1.82, 2.24) is 19.9 Å². The number of halogens is 1. The van der Waals surface area contributed by atoms with Crippen molar-refractivity contribution in [3.05, 3.63) is 52.7 Å². The molecule has 1 saturated heterocycles. The van der Waals surface area contributed by atoms with Crippen LogP contribution >= 0.6 is 11.6 Å². The monoisotopic (exact) mass is 480 g/mol. The van der Waals surface area contributed by atoms with Crippen LogP contribution in [0.4, 0.5) is 11.6 Å². The molecule has 0 spiro atoms. The average molecular weight is 481 g/mol. The molecule has 5 rings (SSSR count). The Balaban J connectivity index is 1.41. The minimum atomic E-state index is 0.00445. The average Bonchev–Trinajstić information content (AvgIpc) is 3.30. The van der Waals surface area contributed by atoms with Crippen LogP contribution in [0, 0.1) is 0 Å². The molecule has 1 unspecified atom stereocenters. The SMILES string of the molecule is COc1c(C2C=NN(C)C2)cc(Cl)c2cnc(Nc3ccc(C(=O)N4CCOCC4)cc3)nc12. The number of hydrogen-bond donors (Lipinski definition) is 1. The van der Waals surface area contributed by atoms with Gasteiger partial charge < -0.3 is 19.7 Å². The zero-order chi connectivity index (χ0) is 23.7. The summed E-state index contributed by atoms with van der Waals surface area (Å²) in [6.45, 7) is 3.11. The molecule has 2 aromatic carbocycles. The maximum absolute atomic E-state index is 12.7. The molecule has 1 atom stereocenters. The highest BCUT2D eigenvalue weighted by Crippen LogP contribution is 2.38. The van der Waals surface area contributed by atoms with Gasteiger partial charge in [-0.05, 0) is 30.3 Å². The van der Waals surface area contributed by atoms with Gasteiger partial charge in [-0.15, -0.1) is 0 Å². The summed E-state index contributed by atoms with van der Waals surface area (Å²) in [4.78, 5) is 23.6. The third-order valence-electron chi connectivity index (χ3n) is 6.00. The van der Waals surface area contributed by atoms with Crippen LogP contribution in [0.1, 0.15) is 21.8 Å². The van der Waals surface area contributed by atoms with Crippen LogP contribution in [0.15, 0.2) is 41.6 Å². The Bertz CT molecular complexity index is 1240. The molecule has 9 nitrogen and oxygen atoms in total. The standard InChI is InChI=1S/C24H25ClN6O3/c1-30-14-16(12-27-30)18-11-20(25)19-13-26-24(29-21(19)22(18)33-2)28-17-5-3-15(4-6-17)23(32)31-7-9-34-10-8-31/h3-6,11-13,16H,7-10,14H2,1-2H3,(H,26,28,29). The van der Waals surface area contributed by atoms with E-state index in [2.05, 4.69) is 15.4 Å². The summed E-state index contributed by atoms with van der Waals surface area (Å²) in [5.74, 6) is 1.13. The molecule has 0 radical (unpaired) electrons. The lowest BCUT2D eigenvalue weighted by atomic mass is 9.98. The number of morpholine rings is 1. The van der Waals surface area contributed by atoms with E-state index in [1.165, 1.54) is 0 Å². The molecule has 0 saturated carbocycles. The van der Waals surface area contributed by atoms with Crippen LogP contribution < -0.4 is 10.1 Å². The van der Waals surface area contributed by atoms with Gasteiger partial charge in [-0.1, -0.05) is 11.6 Å². The molecule has 1 aromatic heterocycles. The fraction of sp³-hybridized carbons (Fsp3) is 0.333. The van der Waals surface area contributed by atoms with Crippen LogP contribution in [-0.2, 0) is 4.74 Å². The Hall–Kier alpha value is -3.43. The van der Waals surface area contributed by atoms with E-state index >= 15 is 0 Å². The molecule has 0 aliphatic carbocycles. The van der Waals surface area contributed by atoms with E-state index in [4.69, 9.17) is 26.1 Å². The number of aromatic nitrogens is 2. The summed E-state index contributed by atoms with van der Waals surface area (Å²) in [6, 6.07) is 9.18. The Kier molecular flexibility index (Phi) is 6.21. The Morgan fingerprint density at radius 3 is 2.68 bits per heavy atom.